The summed E-state index contributed by atoms with van der Waals surface area (Å²) in [7, 11) is 3.42. The number of guanidine groups is 1. The average molecular weight is 405 g/mol. The van der Waals surface area contributed by atoms with Gasteiger partial charge in [-0.15, -0.1) is 0 Å². The van der Waals surface area contributed by atoms with Crippen molar-refractivity contribution >= 4 is 11.9 Å². The van der Waals surface area contributed by atoms with E-state index >= 15 is 0 Å². The summed E-state index contributed by atoms with van der Waals surface area (Å²) < 4.78 is 16.7. The van der Waals surface area contributed by atoms with Crippen LogP contribution in [0.1, 0.15) is 19.8 Å². The molecule has 1 aromatic carbocycles. The molecule has 0 bridgehead atoms. The fourth-order valence-corrected chi connectivity index (χ4v) is 3.63. The number of rotatable bonds is 6. The fraction of sp³-hybridized carbons (Fsp3) is 0.619. The molecule has 0 aromatic heterocycles. The van der Waals surface area contributed by atoms with E-state index < -0.39 is 0 Å². The van der Waals surface area contributed by atoms with E-state index in [0.717, 1.165) is 43.4 Å². The van der Waals surface area contributed by atoms with Gasteiger partial charge in [-0.25, -0.2) is 0 Å². The van der Waals surface area contributed by atoms with Gasteiger partial charge in [0.15, 0.2) is 5.96 Å². The normalized spacial score (nSPS) is 21.1. The van der Waals surface area contributed by atoms with Gasteiger partial charge in [0, 0.05) is 45.9 Å². The second-order valence-electron chi connectivity index (χ2n) is 7.35. The van der Waals surface area contributed by atoms with Gasteiger partial charge in [0.1, 0.15) is 23.7 Å². The van der Waals surface area contributed by atoms with E-state index in [1.54, 1.807) is 14.2 Å². The molecule has 0 saturated carbocycles. The lowest BCUT2D eigenvalue weighted by molar-refractivity contribution is -0.142. The van der Waals surface area contributed by atoms with Crippen molar-refractivity contribution in [2.24, 2.45) is 4.99 Å². The lowest BCUT2D eigenvalue weighted by atomic mass is 10.2. The summed E-state index contributed by atoms with van der Waals surface area (Å²) in [5.74, 6) is 2.50. The van der Waals surface area contributed by atoms with Crippen molar-refractivity contribution in [2.75, 3.05) is 53.5 Å². The zero-order chi connectivity index (χ0) is 20.6. The molecule has 8 heteroatoms. The highest BCUT2D eigenvalue weighted by atomic mass is 16.5. The highest BCUT2D eigenvalue weighted by molar-refractivity contribution is 5.82. The summed E-state index contributed by atoms with van der Waals surface area (Å²) >= 11 is 0. The Kier molecular flexibility index (Phi) is 7.57. The second kappa shape index (κ2) is 10.3. The molecule has 29 heavy (non-hydrogen) atoms. The first kappa shape index (κ1) is 21.2. The number of aliphatic imine (C=N–C) groups is 1. The minimum atomic E-state index is -0.242. The third-order valence-electron chi connectivity index (χ3n) is 5.23. The van der Waals surface area contributed by atoms with Crippen molar-refractivity contribution in [3.63, 3.8) is 0 Å². The standard InChI is InChI=1S/C21H32N4O4/c1-16(29-18-7-4-6-17(14-18)27-3)15-23-21(22-2)25-11-9-24(10-12-25)20(26)19-8-5-13-28-19/h4,6-7,14,16,19H,5,8-13,15H2,1-3H3,(H,22,23). The Morgan fingerprint density at radius 1 is 1.28 bits per heavy atom. The molecule has 8 nitrogen and oxygen atoms in total. The molecule has 2 heterocycles. The smallest absolute Gasteiger partial charge is 0.251 e. The summed E-state index contributed by atoms with van der Waals surface area (Å²) in [6.45, 7) is 6.22. The number of piperazine rings is 1. The Labute approximate surface area is 172 Å². The van der Waals surface area contributed by atoms with Crippen LogP contribution in [-0.4, -0.2) is 87.4 Å². The van der Waals surface area contributed by atoms with Crippen LogP contribution in [0.3, 0.4) is 0 Å². The largest absolute Gasteiger partial charge is 0.497 e. The molecule has 3 rings (SSSR count). The van der Waals surface area contributed by atoms with E-state index in [9.17, 15) is 4.79 Å². The van der Waals surface area contributed by atoms with Crippen molar-refractivity contribution in [3.05, 3.63) is 24.3 Å². The molecule has 2 saturated heterocycles. The average Bonchev–Trinajstić information content (AvgIpc) is 3.29. The number of hydrogen-bond acceptors (Lipinski definition) is 5. The van der Waals surface area contributed by atoms with Gasteiger partial charge in [-0.2, -0.15) is 0 Å². The van der Waals surface area contributed by atoms with E-state index in [-0.39, 0.29) is 18.1 Å². The summed E-state index contributed by atoms with van der Waals surface area (Å²) in [6.07, 6.45) is 1.53. The van der Waals surface area contributed by atoms with Gasteiger partial charge in [0.25, 0.3) is 5.91 Å². The van der Waals surface area contributed by atoms with Crippen LogP contribution in [0.4, 0.5) is 0 Å². The molecule has 1 N–H and O–H groups in total. The topological polar surface area (TPSA) is 75.6 Å². The number of nitrogens with one attached hydrogen (secondary N) is 1. The molecule has 0 spiro atoms. The van der Waals surface area contributed by atoms with Gasteiger partial charge in [-0.05, 0) is 31.9 Å². The van der Waals surface area contributed by atoms with Gasteiger partial charge < -0.3 is 29.3 Å². The van der Waals surface area contributed by atoms with Gasteiger partial charge in [-0.1, -0.05) is 6.07 Å². The molecule has 2 aliphatic heterocycles. The quantitative estimate of drug-likeness (QED) is 0.570. The van der Waals surface area contributed by atoms with Crippen LogP contribution < -0.4 is 14.8 Å². The Hall–Kier alpha value is -2.48. The SMILES string of the molecule is CN=C(NCC(C)Oc1cccc(OC)c1)N1CCN(C(=O)C2CCCO2)CC1. The van der Waals surface area contributed by atoms with E-state index in [1.807, 2.05) is 36.1 Å². The lowest BCUT2D eigenvalue weighted by Crippen LogP contribution is -2.55. The number of carbonyl (C=O) groups excluding carboxylic acids is 1. The van der Waals surface area contributed by atoms with Crippen LogP contribution in [0.25, 0.3) is 0 Å². The van der Waals surface area contributed by atoms with Gasteiger partial charge in [-0.3, -0.25) is 9.79 Å². The van der Waals surface area contributed by atoms with Crippen LogP contribution in [0.2, 0.25) is 0 Å². The van der Waals surface area contributed by atoms with Crippen LogP contribution in [0, 0.1) is 0 Å². The molecule has 1 amide bonds. The number of amides is 1. The van der Waals surface area contributed by atoms with Gasteiger partial charge in [0.2, 0.25) is 0 Å². The maximum absolute atomic E-state index is 12.5. The summed E-state index contributed by atoms with van der Waals surface area (Å²) in [6, 6.07) is 7.58. The predicted octanol–water partition coefficient (Wildman–Crippen LogP) is 1.36. The molecule has 2 fully saturated rings. The van der Waals surface area contributed by atoms with Crippen LogP contribution in [0.5, 0.6) is 11.5 Å². The minimum absolute atomic E-state index is 0.0405. The third-order valence-corrected chi connectivity index (χ3v) is 5.23. The number of nitrogens with zero attached hydrogens (tertiary/aromatic N) is 3. The molecular formula is C21H32N4O4. The molecule has 2 unspecified atom stereocenters. The van der Waals surface area contributed by atoms with E-state index in [1.165, 1.54) is 0 Å². The molecule has 2 aliphatic rings. The maximum atomic E-state index is 12.5. The van der Waals surface area contributed by atoms with E-state index in [4.69, 9.17) is 14.2 Å². The monoisotopic (exact) mass is 404 g/mol. The molecule has 160 valence electrons. The highest BCUT2D eigenvalue weighted by Crippen LogP contribution is 2.20. The van der Waals surface area contributed by atoms with E-state index in [0.29, 0.717) is 26.2 Å². The van der Waals surface area contributed by atoms with Crippen LogP contribution >= 0.6 is 0 Å². The minimum Gasteiger partial charge on any atom is -0.497 e. The van der Waals surface area contributed by atoms with Gasteiger partial charge in [0.05, 0.1) is 13.7 Å². The first-order valence-corrected chi connectivity index (χ1v) is 10.3. The number of hydrogen-bond donors (Lipinski definition) is 1. The highest BCUT2D eigenvalue weighted by Gasteiger charge is 2.30. The summed E-state index contributed by atoms with van der Waals surface area (Å²) in [4.78, 5) is 21.0. The molecule has 1 aromatic rings. The number of methoxy groups -OCH3 is 1. The zero-order valence-electron chi connectivity index (χ0n) is 17.6. The summed E-state index contributed by atoms with van der Waals surface area (Å²) in [5, 5.41) is 3.38. The zero-order valence-corrected chi connectivity index (χ0v) is 17.6. The lowest BCUT2D eigenvalue weighted by Gasteiger charge is -2.37. The Bertz CT molecular complexity index is 698. The molecule has 0 aliphatic carbocycles. The third kappa shape index (κ3) is 5.76. The summed E-state index contributed by atoms with van der Waals surface area (Å²) in [5.41, 5.74) is 0. The van der Waals surface area contributed by atoms with E-state index in [2.05, 4.69) is 15.2 Å². The second-order valence-corrected chi connectivity index (χ2v) is 7.35. The number of benzene rings is 1. The maximum Gasteiger partial charge on any atom is 0.251 e. The Balaban J connectivity index is 1.43. The van der Waals surface area contributed by atoms with Crippen molar-refractivity contribution in [2.45, 2.75) is 32.0 Å². The predicted molar refractivity (Wildman–Crippen MR) is 112 cm³/mol. The first-order valence-electron chi connectivity index (χ1n) is 10.3. The number of carbonyl (C=O) groups is 1. The Morgan fingerprint density at radius 3 is 2.66 bits per heavy atom. The van der Waals surface area contributed by atoms with Gasteiger partial charge >= 0.3 is 0 Å². The first-order chi connectivity index (χ1) is 14.1. The van der Waals surface area contributed by atoms with Crippen molar-refractivity contribution < 1.29 is 19.0 Å². The molecule has 2 atom stereocenters. The number of ether oxygens (including phenoxy) is 3. The molecule has 0 radical (unpaired) electrons. The van der Waals surface area contributed by atoms with Crippen LogP contribution in [0.15, 0.2) is 29.3 Å². The molecular weight excluding hydrogens is 372 g/mol. The van der Waals surface area contributed by atoms with Crippen molar-refractivity contribution in [1.29, 1.82) is 0 Å². The Morgan fingerprint density at radius 2 is 2.00 bits per heavy atom. The fourth-order valence-electron chi connectivity index (χ4n) is 3.63. The van der Waals surface area contributed by atoms with Crippen molar-refractivity contribution in [1.82, 2.24) is 15.1 Å². The van der Waals surface area contributed by atoms with Crippen LogP contribution in [-0.2, 0) is 9.53 Å². The van der Waals surface area contributed by atoms with Crippen molar-refractivity contribution in [3.8, 4) is 11.5 Å².